The predicted molar refractivity (Wildman–Crippen MR) is 250 cm³/mol. The highest BCUT2D eigenvalue weighted by molar-refractivity contribution is 7.26. The van der Waals surface area contributed by atoms with Crippen LogP contribution in [0.15, 0.2) is 205 Å². The standard InChI is InChI=1S/C55H33N3OS/c1-3-13-37(14-4-1)53-56-54(38-15-5-2-6-16-38)58-55(57-53)39-31-27-35(28-32-39)34-25-29-36(30-26-34)46-33-47-50-42(20-12-23-48(50)59-51(47)43-19-8-7-17-40(43)46)45-22-11-21-44-41-18-9-10-24-49(41)60-52(44)45/h1-33H. The Hall–Kier alpha value is -7.73. The Morgan fingerprint density at radius 3 is 1.50 bits per heavy atom. The Labute approximate surface area is 349 Å². The second-order valence-electron chi connectivity index (χ2n) is 15.1. The monoisotopic (exact) mass is 783 g/mol. The molecule has 0 saturated carbocycles. The van der Waals surface area contributed by atoms with Crippen molar-refractivity contribution in [3.8, 4) is 67.5 Å². The maximum absolute atomic E-state index is 6.76. The number of rotatable bonds is 6. The first kappa shape index (κ1) is 34.3. The minimum atomic E-state index is 0.641. The van der Waals surface area contributed by atoms with Crippen molar-refractivity contribution in [1.29, 1.82) is 0 Å². The van der Waals surface area contributed by atoms with Gasteiger partial charge in [-0.3, -0.25) is 0 Å². The molecule has 5 heteroatoms. The average Bonchev–Trinajstić information content (AvgIpc) is 3.91. The molecular weight excluding hydrogens is 751 g/mol. The van der Waals surface area contributed by atoms with Crippen molar-refractivity contribution < 1.29 is 4.42 Å². The van der Waals surface area contributed by atoms with Gasteiger partial charge in [0.15, 0.2) is 17.5 Å². The van der Waals surface area contributed by atoms with E-state index in [-0.39, 0.29) is 0 Å². The molecule has 0 bridgehead atoms. The third-order valence-electron chi connectivity index (χ3n) is 11.6. The number of benzene rings is 9. The van der Waals surface area contributed by atoms with E-state index in [1.165, 1.54) is 36.9 Å². The predicted octanol–water partition coefficient (Wildman–Crippen LogP) is 15.3. The van der Waals surface area contributed by atoms with Gasteiger partial charge in [-0.25, -0.2) is 15.0 Å². The molecular formula is C55H33N3OS. The molecule has 0 aliphatic carbocycles. The van der Waals surface area contributed by atoms with Crippen molar-refractivity contribution in [3.63, 3.8) is 0 Å². The summed E-state index contributed by atoms with van der Waals surface area (Å²) in [5.41, 5.74) is 11.6. The lowest BCUT2D eigenvalue weighted by Gasteiger charge is -2.11. The highest BCUT2D eigenvalue weighted by Crippen LogP contribution is 2.46. The Balaban J connectivity index is 0.934. The third kappa shape index (κ3) is 5.70. The maximum atomic E-state index is 6.76. The quantitative estimate of drug-likeness (QED) is 0.169. The van der Waals surface area contributed by atoms with Crippen LogP contribution in [0.5, 0.6) is 0 Å². The van der Waals surface area contributed by atoms with E-state index in [1.807, 2.05) is 72.0 Å². The zero-order valence-corrected chi connectivity index (χ0v) is 33.0. The molecule has 0 aliphatic heterocycles. The number of fused-ring (bicyclic) bond motifs is 8. The van der Waals surface area contributed by atoms with Gasteiger partial charge in [-0.2, -0.15) is 0 Å². The fraction of sp³-hybridized carbons (Fsp3) is 0. The summed E-state index contributed by atoms with van der Waals surface area (Å²) >= 11 is 1.86. The summed E-state index contributed by atoms with van der Waals surface area (Å²) in [6.07, 6.45) is 0. The van der Waals surface area contributed by atoms with Crippen molar-refractivity contribution in [2.24, 2.45) is 0 Å². The van der Waals surface area contributed by atoms with E-state index in [0.717, 1.165) is 66.1 Å². The number of aromatic nitrogens is 3. The lowest BCUT2D eigenvalue weighted by Crippen LogP contribution is -2.00. The lowest BCUT2D eigenvalue weighted by molar-refractivity contribution is 0.673. The highest BCUT2D eigenvalue weighted by Gasteiger charge is 2.20. The van der Waals surface area contributed by atoms with Crippen molar-refractivity contribution >= 4 is 64.2 Å². The van der Waals surface area contributed by atoms with Crippen LogP contribution in [0.25, 0.3) is 120 Å². The number of furan rings is 1. The van der Waals surface area contributed by atoms with Gasteiger partial charge in [0, 0.05) is 58.6 Å². The molecule has 9 aromatic carbocycles. The van der Waals surface area contributed by atoms with E-state index in [1.54, 1.807) is 0 Å². The van der Waals surface area contributed by atoms with E-state index in [9.17, 15) is 0 Å². The summed E-state index contributed by atoms with van der Waals surface area (Å²) in [5, 5.41) is 7.13. The van der Waals surface area contributed by atoms with Crippen molar-refractivity contribution in [3.05, 3.63) is 200 Å². The second kappa shape index (κ2) is 14.0. The Morgan fingerprint density at radius 2 is 0.833 bits per heavy atom. The van der Waals surface area contributed by atoms with Crippen molar-refractivity contribution in [2.45, 2.75) is 0 Å². The maximum Gasteiger partial charge on any atom is 0.164 e. The van der Waals surface area contributed by atoms with Crippen LogP contribution in [-0.4, -0.2) is 15.0 Å². The van der Waals surface area contributed by atoms with Crippen LogP contribution in [0.4, 0.5) is 0 Å². The molecule has 12 aromatic rings. The fourth-order valence-electron chi connectivity index (χ4n) is 8.66. The molecule has 0 fully saturated rings. The van der Waals surface area contributed by atoms with Gasteiger partial charge in [-0.05, 0) is 51.4 Å². The molecule has 0 spiro atoms. The van der Waals surface area contributed by atoms with E-state index in [4.69, 9.17) is 19.4 Å². The van der Waals surface area contributed by atoms with Gasteiger partial charge in [0.25, 0.3) is 0 Å². The molecule has 0 radical (unpaired) electrons. The first-order chi connectivity index (χ1) is 29.7. The smallest absolute Gasteiger partial charge is 0.164 e. The van der Waals surface area contributed by atoms with Gasteiger partial charge in [-0.15, -0.1) is 11.3 Å². The highest BCUT2D eigenvalue weighted by atomic mass is 32.1. The van der Waals surface area contributed by atoms with Gasteiger partial charge in [-0.1, -0.05) is 182 Å². The van der Waals surface area contributed by atoms with Gasteiger partial charge in [0.1, 0.15) is 11.2 Å². The van der Waals surface area contributed by atoms with Crippen molar-refractivity contribution in [2.75, 3.05) is 0 Å². The lowest BCUT2D eigenvalue weighted by atomic mass is 9.92. The molecule has 0 aliphatic rings. The largest absolute Gasteiger partial charge is 0.455 e. The van der Waals surface area contributed by atoms with Crippen LogP contribution in [0.1, 0.15) is 0 Å². The summed E-state index contributed by atoms with van der Waals surface area (Å²) in [5.74, 6) is 1.94. The van der Waals surface area contributed by atoms with E-state index in [2.05, 4.69) is 140 Å². The van der Waals surface area contributed by atoms with Crippen LogP contribution in [0, 0.1) is 0 Å². The van der Waals surface area contributed by atoms with Gasteiger partial charge in [0.2, 0.25) is 0 Å². The van der Waals surface area contributed by atoms with Gasteiger partial charge in [0.05, 0.1) is 0 Å². The summed E-state index contributed by atoms with van der Waals surface area (Å²) in [6, 6.07) is 70.4. The van der Waals surface area contributed by atoms with Crippen LogP contribution >= 0.6 is 11.3 Å². The first-order valence-electron chi connectivity index (χ1n) is 20.1. The molecule has 60 heavy (non-hydrogen) atoms. The first-order valence-corrected chi connectivity index (χ1v) is 20.9. The van der Waals surface area contributed by atoms with E-state index in [0.29, 0.717) is 17.5 Å². The molecule has 3 heterocycles. The molecule has 12 rings (SSSR count). The minimum Gasteiger partial charge on any atom is -0.455 e. The SMILES string of the molecule is c1ccc(-c2nc(-c3ccccc3)nc(-c3ccc(-c4ccc(-c5cc6c(oc7cccc(-c8cccc9c8sc8ccccc89)c76)c6ccccc56)cc4)cc3)n2)cc1. The van der Waals surface area contributed by atoms with Crippen LogP contribution in [0.2, 0.25) is 0 Å². The number of nitrogens with zero attached hydrogens (tertiary/aromatic N) is 3. The molecule has 0 amide bonds. The van der Waals surface area contributed by atoms with Gasteiger partial charge >= 0.3 is 0 Å². The topological polar surface area (TPSA) is 51.8 Å². The van der Waals surface area contributed by atoms with Gasteiger partial charge < -0.3 is 4.42 Å². The Morgan fingerprint density at radius 1 is 0.333 bits per heavy atom. The van der Waals surface area contributed by atoms with Crippen LogP contribution in [-0.2, 0) is 0 Å². The molecule has 4 nitrogen and oxygen atoms in total. The number of hydrogen-bond donors (Lipinski definition) is 0. The molecule has 3 aromatic heterocycles. The van der Waals surface area contributed by atoms with E-state index >= 15 is 0 Å². The molecule has 0 N–H and O–H groups in total. The third-order valence-corrected chi connectivity index (χ3v) is 12.8. The number of thiophene rings is 1. The zero-order chi connectivity index (χ0) is 39.6. The molecule has 0 atom stereocenters. The average molecular weight is 784 g/mol. The summed E-state index contributed by atoms with van der Waals surface area (Å²) in [7, 11) is 0. The minimum absolute atomic E-state index is 0.641. The fourth-order valence-corrected chi connectivity index (χ4v) is 9.89. The van der Waals surface area contributed by atoms with Crippen LogP contribution in [0.3, 0.4) is 0 Å². The zero-order valence-electron chi connectivity index (χ0n) is 32.2. The van der Waals surface area contributed by atoms with Crippen LogP contribution < -0.4 is 0 Å². The Kier molecular flexibility index (Phi) is 8.00. The molecule has 0 unspecified atom stereocenters. The molecule has 0 saturated heterocycles. The number of hydrogen-bond acceptors (Lipinski definition) is 5. The summed E-state index contributed by atoms with van der Waals surface area (Å²) in [6.45, 7) is 0. The summed E-state index contributed by atoms with van der Waals surface area (Å²) in [4.78, 5) is 14.7. The van der Waals surface area contributed by atoms with Crippen molar-refractivity contribution in [1.82, 2.24) is 15.0 Å². The molecule has 280 valence electrons. The Bertz CT molecular complexity index is 3520. The normalized spacial score (nSPS) is 11.7. The summed E-state index contributed by atoms with van der Waals surface area (Å²) < 4.78 is 9.36. The second-order valence-corrected chi connectivity index (χ2v) is 16.2. The van der Waals surface area contributed by atoms with E-state index < -0.39 is 0 Å².